The SMILES string of the molecule is CC(C)c1nc(CN(C)C(=O)NC(C(=O)NC(Cc2ccccc2)CC(O)C(N)Cc2ccccc2)C(C)C)cs1. The molecule has 1 heterocycles. The van der Waals surface area contributed by atoms with E-state index in [2.05, 4.69) is 29.5 Å². The standard InChI is InChI=1S/C32H45N5O3S/c1-21(2)29(36-32(40)37(5)19-26-20-41-31(35-26)22(3)4)30(39)34-25(16-23-12-8-6-9-13-23)18-28(38)27(33)17-24-14-10-7-11-15-24/h6-15,20-22,25,27-29,38H,16-19,33H2,1-5H3,(H,34,39)(H,36,40). The number of aromatic nitrogens is 1. The zero-order chi connectivity index (χ0) is 29.9. The molecule has 0 fully saturated rings. The predicted molar refractivity (Wildman–Crippen MR) is 166 cm³/mol. The molecule has 0 aliphatic rings. The van der Waals surface area contributed by atoms with Crippen molar-refractivity contribution in [2.24, 2.45) is 11.7 Å². The van der Waals surface area contributed by atoms with E-state index in [4.69, 9.17) is 5.73 Å². The van der Waals surface area contributed by atoms with Gasteiger partial charge in [0.15, 0.2) is 0 Å². The van der Waals surface area contributed by atoms with Crippen LogP contribution >= 0.6 is 11.3 Å². The summed E-state index contributed by atoms with van der Waals surface area (Å²) in [5.41, 5.74) is 9.29. The van der Waals surface area contributed by atoms with Crippen molar-refractivity contribution in [1.29, 1.82) is 0 Å². The van der Waals surface area contributed by atoms with Gasteiger partial charge in [0.1, 0.15) is 6.04 Å². The summed E-state index contributed by atoms with van der Waals surface area (Å²) in [4.78, 5) is 32.8. The molecular formula is C32H45N5O3S. The van der Waals surface area contributed by atoms with Crippen molar-refractivity contribution in [3.8, 4) is 0 Å². The summed E-state index contributed by atoms with van der Waals surface area (Å²) in [6, 6.07) is 17.7. The van der Waals surface area contributed by atoms with Gasteiger partial charge in [-0.1, -0.05) is 88.4 Å². The Morgan fingerprint density at radius 1 is 0.951 bits per heavy atom. The van der Waals surface area contributed by atoms with Crippen LogP contribution in [-0.2, 0) is 24.2 Å². The number of aliphatic hydroxyl groups is 1. The molecule has 9 heteroatoms. The van der Waals surface area contributed by atoms with Gasteiger partial charge in [0.2, 0.25) is 5.91 Å². The monoisotopic (exact) mass is 579 g/mol. The molecule has 0 saturated carbocycles. The van der Waals surface area contributed by atoms with Crippen molar-refractivity contribution in [3.05, 3.63) is 87.9 Å². The fourth-order valence-electron chi connectivity index (χ4n) is 4.62. The summed E-state index contributed by atoms with van der Waals surface area (Å²) < 4.78 is 0. The maximum Gasteiger partial charge on any atom is 0.318 e. The van der Waals surface area contributed by atoms with E-state index in [-0.39, 0.29) is 30.3 Å². The Hall–Kier alpha value is -3.27. The maximum atomic E-state index is 13.6. The van der Waals surface area contributed by atoms with Crippen LogP contribution in [0.15, 0.2) is 66.0 Å². The van der Waals surface area contributed by atoms with E-state index in [1.807, 2.05) is 79.9 Å². The molecule has 5 N–H and O–H groups in total. The van der Waals surface area contributed by atoms with Gasteiger partial charge in [0, 0.05) is 30.4 Å². The molecule has 4 atom stereocenters. The lowest BCUT2D eigenvalue weighted by molar-refractivity contribution is -0.124. The molecule has 3 aromatic rings. The van der Waals surface area contributed by atoms with E-state index in [0.29, 0.717) is 25.3 Å². The minimum absolute atomic E-state index is 0.151. The number of nitrogens with zero attached hydrogens (tertiary/aromatic N) is 2. The smallest absolute Gasteiger partial charge is 0.318 e. The molecule has 4 unspecified atom stereocenters. The van der Waals surface area contributed by atoms with E-state index in [1.165, 1.54) is 4.90 Å². The van der Waals surface area contributed by atoms with Crippen LogP contribution in [0.4, 0.5) is 4.79 Å². The molecule has 3 rings (SSSR count). The first-order chi connectivity index (χ1) is 19.5. The fourth-order valence-corrected chi connectivity index (χ4v) is 5.45. The second-order valence-electron chi connectivity index (χ2n) is 11.4. The molecule has 222 valence electrons. The Morgan fingerprint density at radius 3 is 2.07 bits per heavy atom. The number of carbonyl (C=O) groups excluding carboxylic acids is 2. The van der Waals surface area contributed by atoms with E-state index in [1.54, 1.807) is 18.4 Å². The third-order valence-corrected chi connectivity index (χ3v) is 8.24. The number of hydrogen-bond acceptors (Lipinski definition) is 6. The zero-order valence-corrected chi connectivity index (χ0v) is 25.6. The van der Waals surface area contributed by atoms with E-state index >= 15 is 0 Å². The molecule has 41 heavy (non-hydrogen) atoms. The van der Waals surface area contributed by atoms with Crippen molar-refractivity contribution in [2.45, 2.75) is 83.6 Å². The highest BCUT2D eigenvalue weighted by Crippen LogP contribution is 2.20. The van der Waals surface area contributed by atoms with Crippen LogP contribution in [0.25, 0.3) is 0 Å². The largest absolute Gasteiger partial charge is 0.391 e. The lowest BCUT2D eigenvalue weighted by atomic mass is 9.93. The van der Waals surface area contributed by atoms with Gasteiger partial charge in [-0.05, 0) is 36.3 Å². The molecule has 3 amide bonds. The number of nitrogens with one attached hydrogen (secondary N) is 2. The highest BCUT2D eigenvalue weighted by molar-refractivity contribution is 7.09. The first kappa shape index (κ1) is 32.2. The van der Waals surface area contributed by atoms with Gasteiger partial charge in [0.25, 0.3) is 0 Å². The van der Waals surface area contributed by atoms with E-state index < -0.39 is 18.2 Å². The summed E-state index contributed by atoms with van der Waals surface area (Å²) in [6.45, 7) is 8.33. The Morgan fingerprint density at radius 2 is 1.54 bits per heavy atom. The number of benzene rings is 2. The van der Waals surface area contributed by atoms with Crippen LogP contribution in [0.5, 0.6) is 0 Å². The van der Waals surface area contributed by atoms with E-state index in [0.717, 1.165) is 21.8 Å². The summed E-state index contributed by atoms with van der Waals surface area (Å²) in [7, 11) is 1.70. The Labute approximate surface area is 248 Å². The molecule has 1 aromatic heterocycles. The topological polar surface area (TPSA) is 121 Å². The normalized spacial score (nSPS) is 14.4. The second kappa shape index (κ2) is 15.7. The molecule has 2 aromatic carbocycles. The van der Waals surface area contributed by atoms with Gasteiger partial charge in [0.05, 0.1) is 23.4 Å². The number of nitrogens with two attached hydrogens (primary N) is 1. The minimum Gasteiger partial charge on any atom is -0.391 e. The van der Waals surface area contributed by atoms with Crippen molar-refractivity contribution >= 4 is 23.3 Å². The lowest BCUT2D eigenvalue weighted by Crippen LogP contribution is -2.55. The Kier molecular flexibility index (Phi) is 12.3. The van der Waals surface area contributed by atoms with Crippen molar-refractivity contribution in [1.82, 2.24) is 20.5 Å². The maximum absolute atomic E-state index is 13.6. The quantitative estimate of drug-likeness (QED) is 0.224. The summed E-state index contributed by atoms with van der Waals surface area (Å²) in [6.07, 6.45) is 0.525. The average molecular weight is 580 g/mol. The molecule has 0 aliphatic carbocycles. The number of rotatable bonds is 14. The first-order valence-electron chi connectivity index (χ1n) is 14.3. The summed E-state index contributed by atoms with van der Waals surface area (Å²) >= 11 is 1.59. The van der Waals surface area contributed by atoms with Gasteiger partial charge in [-0.3, -0.25) is 4.79 Å². The van der Waals surface area contributed by atoms with Crippen molar-refractivity contribution in [2.75, 3.05) is 7.05 Å². The van der Waals surface area contributed by atoms with Crippen LogP contribution in [0.1, 0.15) is 61.9 Å². The van der Waals surface area contributed by atoms with E-state index in [9.17, 15) is 14.7 Å². The second-order valence-corrected chi connectivity index (χ2v) is 12.3. The van der Waals surface area contributed by atoms with Crippen LogP contribution < -0.4 is 16.4 Å². The van der Waals surface area contributed by atoms with Crippen LogP contribution in [-0.4, -0.2) is 58.2 Å². The third-order valence-electron chi connectivity index (χ3n) is 7.04. The Balaban J connectivity index is 1.66. The number of amides is 3. The molecular weight excluding hydrogens is 534 g/mol. The summed E-state index contributed by atoms with van der Waals surface area (Å²) in [5.74, 6) is -0.110. The zero-order valence-electron chi connectivity index (χ0n) is 24.8. The first-order valence-corrected chi connectivity index (χ1v) is 15.2. The van der Waals surface area contributed by atoms with Gasteiger partial charge in [-0.2, -0.15) is 0 Å². The molecule has 0 bridgehead atoms. The predicted octanol–water partition coefficient (Wildman–Crippen LogP) is 4.48. The molecule has 8 nitrogen and oxygen atoms in total. The molecule has 0 spiro atoms. The molecule has 0 aliphatic heterocycles. The third kappa shape index (κ3) is 10.3. The van der Waals surface area contributed by atoms with Gasteiger partial charge < -0.3 is 26.4 Å². The van der Waals surface area contributed by atoms with Gasteiger partial charge in [-0.15, -0.1) is 11.3 Å². The number of hydrogen-bond donors (Lipinski definition) is 4. The van der Waals surface area contributed by atoms with Gasteiger partial charge in [-0.25, -0.2) is 9.78 Å². The van der Waals surface area contributed by atoms with Gasteiger partial charge >= 0.3 is 6.03 Å². The molecule has 0 radical (unpaired) electrons. The number of urea groups is 1. The summed E-state index contributed by atoms with van der Waals surface area (Å²) in [5, 5.41) is 20.0. The van der Waals surface area contributed by atoms with Crippen LogP contribution in [0, 0.1) is 5.92 Å². The highest BCUT2D eigenvalue weighted by Gasteiger charge is 2.29. The molecule has 0 saturated heterocycles. The van der Waals surface area contributed by atoms with Crippen molar-refractivity contribution < 1.29 is 14.7 Å². The number of thiazole rings is 1. The average Bonchev–Trinajstić information content (AvgIpc) is 3.41. The fraction of sp³-hybridized carbons (Fsp3) is 0.469. The van der Waals surface area contributed by atoms with Crippen molar-refractivity contribution in [3.63, 3.8) is 0 Å². The number of aliphatic hydroxyl groups excluding tert-OH is 1. The highest BCUT2D eigenvalue weighted by atomic mass is 32.1. The Bertz CT molecular complexity index is 1220. The lowest BCUT2D eigenvalue weighted by Gasteiger charge is -2.29. The van der Waals surface area contributed by atoms with Crippen LogP contribution in [0.2, 0.25) is 0 Å². The van der Waals surface area contributed by atoms with Crippen LogP contribution in [0.3, 0.4) is 0 Å². The number of carbonyl (C=O) groups is 2. The minimum atomic E-state index is -0.823.